The summed E-state index contributed by atoms with van der Waals surface area (Å²) >= 11 is 0.888. The van der Waals surface area contributed by atoms with Crippen LogP contribution in [0.3, 0.4) is 0 Å². The molecule has 0 radical (unpaired) electrons. The minimum Gasteiger partial charge on any atom is -0.508 e. The Labute approximate surface area is 755 Å². The van der Waals surface area contributed by atoms with Gasteiger partial charge in [0.2, 0.25) is 82.7 Å². The Balaban J connectivity index is 0.964. The van der Waals surface area contributed by atoms with Crippen molar-refractivity contribution in [2.24, 2.45) is 29.0 Å². The molecular formula is C93H125N17O18S. The van der Waals surface area contributed by atoms with Gasteiger partial charge in [0.25, 0.3) is 0 Å². The number of benzene rings is 5. The number of aliphatic carboxylic acids is 1. The lowest BCUT2D eigenvalue weighted by Crippen LogP contribution is -2.61. The maximum Gasteiger partial charge on any atom is 0.305 e. The number of nitrogens with one attached hydrogen (secondary N) is 9. The molecular weight excluding hydrogens is 1680 g/mol. The second-order valence-electron chi connectivity index (χ2n) is 33.7. The number of unbranched alkanes of at least 4 members (excludes halogenated alkanes) is 1. The van der Waals surface area contributed by atoms with Gasteiger partial charge in [-0.1, -0.05) is 169 Å². The largest absolute Gasteiger partial charge is 0.508 e. The number of carbonyl (C=O) groups is 16. The highest BCUT2D eigenvalue weighted by Gasteiger charge is 2.46. The number of phenolic OH excluding ortho intramolecular Hbond substituents is 1. The van der Waals surface area contributed by atoms with Crippen LogP contribution in [0.4, 0.5) is 0 Å². The first-order valence-electron chi connectivity index (χ1n) is 43.9. The number of carbonyl (C=O) groups excluding carboxylic acids is 15. The van der Waals surface area contributed by atoms with Crippen LogP contribution in [0.1, 0.15) is 133 Å². The minimum absolute atomic E-state index is 0.0128. The number of rotatable bonds is 50. The molecule has 129 heavy (non-hydrogen) atoms. The molecule has 0 unspecified atom stereocenters. The first kappa shape index (κ1) is 102. The van der Waals surface area contributed by atoms with Gasteiger partial charge in [0.05, 0.1) is 30.8 Å². The van der Waals surface area contributed by atoms with E-state index in [2.05, 4.69) is 47.5 Å². The Kier molecular flexibility index (Phi) is 39.7. The van der Waals surface area contributed by atoms with Gasteiger partial charge in [-0.25, -0.2) is 0 Å². The third-order valence-corrected chi connectivity index (χ3v) is 24.1. The number of para-hydroxylation sites is 1. The van der Waals surface area contributed by atoms with Gasteiger partial charge < -0.3 is 104 Å². The summed E-state index contributed by atoms with van der Waals surface area (Å²) in [6, 6.07) is 22.8. The number of phenols is 1. The van der Waals surface area contributed by atoms with Crippen molar-refractivity contribution < 1.29 is 86.9 Å². The molecule has 2 fully saturated rings. The molecule has 0 aliphatic carbocycles. The molecule has 35 nitrogen and oxygen atoms in total. The number of primary amides is 1. The first-order chi connectivity index (χ1) is 61.6. The van der Waals surface area contributed by atoms with Crippen molar-refractivity contribution in [2.45, 2.75) is 216 Å². The molecule has 696 valence electrons. The number of likely N-dealkylation sites (N-methyl/N-ethyl adjacent to an activating group) is 3. The van der Waals surface area contributed by atoms with Gasteiger partial charge in [-0.3, -0.25) is 71.9 Å². The number of aldehydes is 1. The summed E-state index contributed by atoms with van der Waals surface area (Å²) in [5, 5.41) is 42.4. The number of hydrogen-bond donors (Lipinski definition) is 14. The van der Waals surface area contributed by atoms with Crippen LogP contribution < -0.4 is 59.7 Å². The average molecular weight is 1800 g/mol. The van der Waals surface area contributed by atoms with Crippen LogP contribution in [0.25, 0.3) is 10.9 Å². The van der Waals surface area contributed by atoms with Crippen molar-refractivity contribution in [3.63, 3.8) is 0 Å². The zero-order chi connectivity index (χ0) is 94.1. The Morgan fingerprint density at radius 2 is 1.08 bits per heavy atom. The van der Waals surface area contributed by atoms with E-state index in [-0.39, 0.29) is 114 Å². The van der Waals surface area contributed by atoms with E-state index in [1.165, 1.54) is 52.9 Å². The number of carboxylic acid groups (broad SMARTS) is 1. The summed E-state index contributed by atoms with van der Waals surface area (Å²) in [5.74, 6) is -13.9. The molecule has 2 saturated heterocycles. The number of likely N-dealkylation sites (tertiary alicyclic amines) is 2. The number of aromatic nitrogens is 1. The molecule has 0 spiro atoms. The molecule has 3 heterocycles. The lowest BCUT2D eigenvalue weighted by atomic mass is 9.98. The van der Waals surface area contributed by atoms with Gasteiger partial charge in [0, 0.05) is 82.8 Å². The molecule has 8 rings (SSSR count). The molecule has 2 aliphatic rings. The predicted molar refractivity (Wildman–Crippen MR) is 485 cm³/mol. The van der Waals surface area contributed by atoms with E-state index in [0.29, 0.717) is 47.8 Å². The molecule has 1 aromatic heterocycles. The molecule has 5 aromatic carbocycles. The van der Waals surface area contributed by atoms with Crippen LogP contribution in [-0.2, 0) is 109 Å². The number of nitrogens with zero attached hydrogens (tertiary/aromatic N) is 5. The maximum atomic E-state index is 15.7. The highest BCUT2D eigenvalue weighted by molar-refractivity contribution is 8.00. The van der Waals surface area contributed by atoms with Crippen LogP contribution in [0.2, 0.25) is 0 Å². The van der Waals surface area contributed by atoms with Crippen LogP contribution in [0.15, 0.2) is 146 Å². The lowest BCUT2D eigenvalue weighted by Gasteiger charge is -2.38. The summed E-state index contributed by atoms with van der Waals surface area (Å²) in [7, 11) is 4.15. The molecule has 0 saturated carbocycles. The highest BCUT2D eigenvalue weighted by Crippen LogP contribution is 2.28. The monoisotopic (exact) mass is 1800 g/mol. The fourth-order valence-corrected chi connectivity index (χ4v) is 16.9. The van der Waals surface area contributed by atoms with Crippen LogP contribution in [0, 0.1) is 11.8 Å². The SMILES string of the molecule is CCCC[C@@H](C(=O)N1CCC[C@@H]1C(=O)N[C@@H](CC(=O)O)C(=O)N[C@H](C(=O)N(C)[C@@H](Cc1ccccc1)C(=O)N[C@@H](CCCN)C(=O)N1CCC[C@@H]1C(=O)N[C@H](C=O)Cc1c[nH]c2ccccc12)C(C)C)N(C)C(=O)[C@H](Cc1ccccc1)N(C)C(=O)[C@H](Cc1ccccc1)NC(=O)CSC[C@H](NC(=O)[C@H](CC(C)C)NC(=O)[C@@H](N)Cc1ccc(O)cc1)C(=O)NCC(N)=O. The molecule has 2 aliphatic heterocycles. The number of H-pyrrole nitrogens is 1. The number of nitrogens with two attached hydrogens (primary N) is 3. The van der Waals surface area contributed by atoms with Crippen LogP contribution in [-0.4, -0.2) is 272 Å². The van der Waals surface area contributed by atoms with Gasteiger partial charge in [0.15, 0.2) is 0 Å². The fourth-order valence-electron chi connectivity index (χ4n) is 16.0. The highest BCUT2D eigenvalue weighted by atomic mass is 32.2. The number of thioether (sulfide) groups is 1. The molecule has 0 bridgehead atoms. The minimum atomic E-state index is -1.86. The summed E-state index contributed by atoms with van der Waals surface area (Å²) in [5.41, 5.74) is 21.8. The Bertz CT molecular complexity index is 4830. The van der Waals surface area contributed by atoms with E-state index in [1.54, 1.807) is 123 Å². The average Bonchev–Trinajstić information content (AvgIpc) is 1.75. The van der Waals surface area contributed by atoms with Crippen LogP contribution >= 0.6 is 11.8 Å². The number of fused-ring (bicyclic) bond motifs is 1. The summed E-state index contributed by atoms with van der Waals surface area (Å²) in [4.78, 5) is 237. The van der Waals surface area contributed by atoms with Crippen molar-refractivity contribution in [2.75, 3.05) is 58.8 Å². The third kappa shape index (κ3) is 30.0. The van der Waals surface area contributed by atoms with Crippen molar-refractivity contribution >= 4 is 118 Å². The van der Waals surface area contributed by atoms with Gasteiger partial charge in [0.1, 0.15) is 78.5 Å². The Morgan fingerprint density at radius 3 is 1.65 bits per heavy atom. The van der Waals surface area contributed by atoms with E-state index < -0.39 is 192 Å². The first-order valence-corrected chi connectivity index (χ1v) is 45.0. The van der Waals surface area contributed by atoms with E-state index >= 15 is 24.0 Å². The predicted octanol–water partition coefficient (Wildman–Crippen LogP) is 2.21. The third-order valence-electron chi connectivity index (χ3n) is 23.1. The number of aromatic amines is 1. The standard InChI is InChI=1S/C93H125N17O18S/c1-9-10-34-75(106(6)91(126)77(48-60-29-18-13-19-30-60)108(8)89(124)71(46-58-25-14-11-15-26-58)100-79(114)55-129-54-72(83(118)98-52-78(96)113)104-84(119)69(44-56(2)3)102-82(117)66(95)45-61-37-39-64(112)40-38-61)92(127)110-43-24-36-74(110)87(122)103-70(50-80(115)116)85(120)105-81(57(4)5)93(128)107(7)76(47-59-27-16-12-17-28-59)88(123)101-68(33-22-41-94)90(125)109-42-23-35-73(109)86(121)99-63(53-111)49-62-51-97-67-32-21-20-31-65(62)67/h11-21,25-32,37-40,51,53,56-57,63,66,68-77,81,97,112H,9-10,22-24,33-36,41-50,52,54-55,94-95H2,1-8H3,(H2,96,113)(H,98,118)(H,99,121)(H,100,114)(H,101,123)(H,102,117)(H,103,122)(H,104,119)(H,105,120)(H,115,116)/t63-,66-,68-,69-,70-,71-,72-,73+,74+,75-,76-,77-,81-/m0/s1. The van der Waals surface area contributed by atoms with Crippen molar-refractivity contribution in [3.8, 4) is 5.75 Å². The quantitative estimate of drug-likeness (QED) is 0.0243. The van der Waals surface area contributed by atoms with Crippen molar-refractivity contribution in [3.05, 3.63) is 174 Å². The zero-order valence-corrected chi connectivity index (χ0v) is 75.3. The van der Waals surface area contributed by atoms with Gasteiger partial charge in [-0.15, -0.1) is 11.8 Å². The summed E-state index contributed by atoms with van der Waals surface area (Å²) < 4.78 is 0. The summed E-state index contributed by atoms with van der Waals surface area (Å²) in [6.45, 7) is 8.37. The smallest absolute Gasteiger partial charge is 0.305 e. The van der Waals surface area contributed by atoms with E-state index in [0.717, 1.165) is 33.1 Å². The van der Waals surface area contributed by atoms with Crippen LogP contribution in [0.5, 0.6) is 5.75 Å². The van der Waals surface area contributed by atoms with Gasteiger partial charge in [-0.05, 0) is 122 Å². The molecule has 6 aromatic rings. The van der Waals surface area contributed by atoms with Gasteiger partial charge >= 0.3 is 5.97 Å². The van der Waals surface area contributed by atoms with Gasteiger partial charge in [-0.2, -0.15) is 0 Å². The topological polar surface area (TPSA) is 520 Å². The number of aromatic hydroxyl groups is 1. The number of carboxylic acids is 1. The molecule has 17 N–H and O–H groups in total. The lowest BCUT2D eigenvalue weighted by molar-refractivity contribution is -0.152. The molecule has 13 atom stereocenters. The van der Waals surface area contributed by atoms with Crippen molar-refractivity contribution in [1.29, 1.82) is 0 Å². The zero-order valence-electron chi connectivity index (χ0n) is 74.5. The van der Waals surface area contributed by atoms with E-state index in [4.69, 9.17) is 17.2 Å². The van der Waals surface area contributed by atoms with Crippen molar-refractivity contribution in [1.82, 2.24) is 72.0 Å². The summed E-state index contributed by atoms with van der Waals surface area (Å²) in [6.07, 6.45) is 3.74. The van der Waals surface area contributed by atoms with E-state index in [9.17, 15) is 63.0 Å². The maximum absolute atomic E-state index is 15.7. The molecule has 36 heteroatoms. The Morgan fingerprint density at radius 1 is 0.543 bits per heavy atom. The second kappa shape index (κ2) is 50.3. The normalized spacial score (nSPS) is 16.2. The second-order valence-corrected chi connectivity index (χ2v) is 34.8. The number of amides is 14. The Hall–Kier alpha value is -12.6. The number of hydrogen-bond acceptors (Lipinski definition) is 20. The van der Waals surface area contributed by atoms with E-state index in [1.807, 2.05) is 45.0 Å². The fraction of sp³-hybridized carbons (Fsp3) is 0.484. The molecule has 14 amide bonds.